The molecule has 0 spiro atoms. The van der Waals surface area contributed by atoms with E-state index in [0.717, 1.165) is 47.9 Å². The first-order valence-corrected chi connectivity index (χ1v) is 10.7. The Morgan fingerprint density at radius 2 is 2.18 bits per heavy atom. The average Bonchev–Trinajstić information content (AvgIpc) is 2.98. The van der Waals surface area contributed by atoms with Gasteiger partial charge in [0.2, 0.25) is 5.91 Å². The van der Waals surface area contributed by atoms with Gasteiger partial charge in [0.15, 0.2) is 5.16 Å². The minimum absolute atomic E-state index is 0.0920. The van der Waals surface area contributed by atoms with Gasteiger partial charge >= 0.3 is 5.97 Å². The lowest BCUT2D eigenvalue weighted by Crippen LogP contribution is -2.24. The number of esters is 1. The maximum Gasteiger partial charge on any atom is 0.341 e. The monoisotopic (exact) mass is 422 g/mol. The van der Waals surface area contributed by atoms with E-state index in [1.807, 2.05) is 0 Å². The number of hydrogen-bond donors (Lipinski definition) is 3. The predicted molar refractivity (Wildman–Crippen MR) is 110 cm³/mol. The Balaban J connectivity index is 1.80. The fourth-order valence-electron chi connectivity index (χ4n) is 3.02. The maximum atomic E-state index is 12.7. The summed E-state index contributed by atoms with van der Waals surface area (Å²) >= 11 is 2.53. The number of thiophene rings is 1. The Kier molecular flexibility index (Phi) is 6.40. The van der Waals surface area contributed by atoms with E-state index in [-0.39, 0.29) is 29.0 Å². The van der Waals surface area contributed by atoms with Crippen LogP contribution in [-0.2, 0) is 22.4 Å². The van der Waals surface area contributed by atoms with Gasteiger partial charge in [-0.2, -0.15) is 0 Å². The summed E-state index contributed by atoms with van der Waals surface area (Å²) in [7, 11) is 0. The summed E-state index contributed by atoms with van der Waals surface area (Å²) in [5, 5.41) is 3.10. The van der Waals surface area contributed by atoms with Crippen molar-refractivity contribution in [2.45, 2.75) is 49.9 Å². The summed E-state index contributed by atoms with van der Waals surface area (Å²) in [6.07, 6.45) is 3.81. The molecule has 8 nitrogen and oxygen atoms in total. The summed E-state index contributed by atoms with van der Waals surface area (Å²) in [6, 6.07) is 1.18. The van der Waals surface area contributed by atoms with Gasteiger partial charge in [0.25, 0.3) is 5.56 Å². The van der Waals surface area contributed by atoms with E-state index < -0.39 is 11.2 Å². The van der Waals surface area contributed by atoms with E-state index in [1.54, 1.807) is 13.8 Å². The third kappa shape index (κ3) is 4.56. The Hall–Kier alpha value is -2.33. The Bertz CT molecular complexity index is 954. The fraction of sp³-hybridized carbons (Fsp3) is 0.444. The van der Waals surface area contributed by atoms with Gasteiger partial charge in [0.1, 0.15) is 10.8 Å². The van der Waals surface area contributed by atoms with E-state index in [1.165, 1.54) is 17.4 Å². The molecule has 0 bridgehead atoms. The largest absolute Gasteiger partial charge is 0.462 e. The fourth-order valence-corrected chi connectivity index (χ4v) is 5.12. The quantitative estimate of drug-likeness (QED) is 0.371. The molecule has 0 fully saturated rings. The lowest BCUT2D eigenvalue weighted by molar-refractivity contribution is -0.115. The molecule has 2 aromatic heterocycles. The van der Waals surface area contributed by atoms with Crippen LogP contribution in [0.2, 0.25) is 0 Å². The molecule has 1 aliphatic rings. The van der Waals surface area contributed by atoms with Gasteiger partial charge in [0.05, 0.1) is 17.4 Å². The third-order valence-electron chi connectivity index (χ3n) is 4.28. The topological polar surface area (TPSA) is 127 Å². The first-order chi connectivity index (χ1) is 13.4. The highest BCUT2D eigenvalue weighted by atomic mass is 32.2. The van der Waals surface area contributed by atoms with Gasteiger partial charge in [-0.15, -0.1) is 11.3 Å². The second-order valence-corrected chi connectivity index (χ2v) is 8.79. The lowest BCUT2D eigenvalue weighted by Gasteiger charge is -2.13. The van der Waals surface area contributed by atoms with E-state index >= 15 is 0 Å². The summed E-state index contributed by atoms with van der Waals surface area (Å²) in [6.45, 7) is 3.73. The molecule has 0 saturated heterocycles. The van der Waals surface area contributed by atoms with Crippen LogP contribution in [0.25, 0.3) is 0 Å². The second-order valence-electron chi connectivity index (χ2n) is 6.36. The molecule has 0 aromatic carbocycles. The molecule has 0 saturated carbocycles. The lowest BCUT2D eigenvalue weighted by atomic mass is 9.95. The highest BCUT2D eigenvalue weighted by Crippen LogP contribution is 2.39. The van der Waals surface area contributed by atoms with Crippen molar-refractivity contribution < 1.29 is 14.3 Å². The first kappa shape index (κ1) is 20.4. The third-order valence-corrected chi connectivity index (χ3v) is 6.48. The van der Waals surface area contributed by atoms with Crippen LogP contribution in [0.1, 0.15) is 47.5 Å². The summed E-state index contributed by atoms with van der Waals surface area (Å²) in [5.74, 6) is -0.604. The highest BCUT2D eigenvalue weighted by Gasteiger charge is 2.28. The molecule has 4 N–H and O–H groups in total. The molecule has 1 aliphatic carbocycles. The molecule has 2 heterocycles. The number of nitrogens with two attached hydrogens (primary N) is 1. The van der Waals surface area contributed by atoms with Gasteiger partial charge in [-0.25, -0.2) is 9.78 Å². The number of aryl methyl sites for hydroxylation is 1. The van der Waals surface area contributed by atoms with Gasteiger partial charge in [-0.3, -0.25) is 9.59 Å². The van der Waals surface area contributed by atoms with Crippen LogP contribution < -0.4 is 16.6 Å². The van der Waals surface area contributed by atoms with Crippen LogP contribution in [0, 0.1) is 0 Å². The molecule has 1 unspecified atom stereocenters. The molecule has 28 heavy (non-hydrogen) atoms. The van der Waals surface area contributed by atoms with Crippen molar-refractivity contribution in [1.29, 1.82) is 0 Å². The summed E-state index contributed by atoms with van der Waals surface area (Å²) < 4.78 is 5.20. The second kappa shape index (κ2) is 8.78. The molecule has 1 amide bonds. The average molecular weight is 423 g/mol. The molecule has 2 aromatic rings. The van der Waals surface area contributed by atoms with Crippen LogP contribution in [-0.4, -0.2) is 33.7 Å². The molecular formula is C18H22N4O4S2. The number of H-pyrrole nitrogens is 1. The number of aromatic amines is 1. The number of carbonyl (C=O) groups is 2. The molecule has 10 heteroatoms. The minimum atomic E-state index is -0.556. The zero-order valence-electron chi connectivity index (χ0n) is 15.7. The number of hydrogen-bond acceptors (Lipinski definition) is 8. The van der Waals surface area contributed by atoms with Gasteiger partial charge < -0.3 is 20.8 Å². The normalized spacial score (nSPS) is 14.2. The van der Waals surface area contributed by atoms with Crippen molar-refractivity contribution in [3.63, 3.8) is 0 Å². The number of fused-ring (bicyclic) bond motifs is 1. The highest BCUT2D eigenvalue weighted by molar-refractivity contribution is 8.00. The van der Waals surface area contributed by atoms with Crippen molar-refractivity contribution in [3.05, 3.63) is 32.4 Å². The zero-order valence-corrected chi connectivity index (χ0v) is 17.3. The maximum absolute atomic E-state index is 12.7. The van der Waals surface area contributed by atoms with E-state index in [9.17, 15) is 14.4 Å². The van der Waals surface area contributed by atoms with Crippen molar-refractivity contribution in [3.8, 4) is 0 Å². The number of anilines is 2. The Morgan fingerprint density at radius 1 is 1.43 bits per heavy atom. The Labute approximate surface area is 170 Å². The van der Waals surface area contributed by atoms with E-state index in [0.29, 0.717) is 10.6 Å². The molecule has 150 valence electrons. The number of ether oxygens (including phenoxy) is 1. The number of nitrogens with zero attached hydrogens (tertiary/aromatic N) is 1. The van der Waals surface area contributed by atoms with Gasteiger partial charge in [-0.05, 0) is 45.1 Å². The van der Waals surface area contributed by atoms with Crippen LogP contribution in [0.3, 0.4) is 0 Å². The number of nitrogen functional groups attached to an aromatic ring is 1. The molecule has 0 radical (unpaired) electrons. The molecule has 0 aliphatic heterocycles. The van der Waals surface area contributed by atoms with Gasteiger partial charge in [0, 0.05) is 10.9 Å². The zero-order chi connectivity index (χ0) is 20.3. The number of rotatable bonds is 6. The number of carbonyl (C=O) groups excluding carboxylic acids is 2. The van der Waals surface area contributed by atoms with Crippen LogP contribution in [0.15, 0.2) is 16.0 Å². The van der Waals surface area contributed by atoms with Crippen LogP contribution in [0.5, 0.6) is 0 Å². The van der Waals surface area contributed by atoms with E-state index in [2.05, 4.69) is 15.3 Å². The van der Waals surface area contributed by atoms with Gasteiger partial charge in [-0.1, -0.05) is 11.8 Å². The smallest absolute Gasteiger partial charge is 0.341 e. The number of thioether (sulfide) groups is 1. The summed E-state index contributed by atoms with van der Waals surface area (Å²) in [4.78, 5) is 44.4. The van der Waals surface area contributed by atoms with Crippen molar-refractivity contribution in [1.82, 2.24) is 9.97 Å². The van der Waals surface area contributed by atoms with Crippen molar-refractivity contribution in [2.75, 3.05) is 17.7 Å². The Morgan fingerprint density at radius 3 is 2.89 bits per heavy atom. The first-order valence-electron chi connectivity index (χ1n) is 9.05. The number of amides is 1. The summed E-state index contributed by atoms with van der Waals surface area (Å²) in [5.41, 5.74) is 6.67. The molecule has 3 rings (SSSR count). The number of aromatic nitrogens is 2. The SMILES string of the molecule is CCOC(=O)c1c(NC(=O)C(C)Sc2nc(N)cc(=O)[nH]2)sc2c1CCCC2. The standard InChI is InChI=1S/C18H22N4O4S2/c1-3-26-17(25)14-10-6-4-5-7-11(10)28-16(14)22-15(24)9(2)27-18-20-12(19)8-13(23)21-18/h8-9H,3-7H2,1-2H3,(H,22,24)(H3,19,20,21,23). The minimum Gasteiger partial charge on any atom is -0.462 e. The molecular weight excluding hydrogens is 400 g/mol. The molecule has 1 atom stereocenters. The van der Waals surface area contributed by atoms with Crippen LogP contribution >= 0.6 is 23.1 Å². The predicted octanol–water partition coefficient (Wildman–Crippen LogP) is 2.59. The van der Waals surface area contributed by atoms with E-state index in [4.69, 9.17) is 10.5 Å². The van der Waals surface area contributed by atoms with Crippen molar-refractivity contribution >= 4 is 45.8 Å². The number of nitrogens with one attached hydrogen (secondary N) is 2. The van der Waals surface area contributed by atoms with Crippen molar-refractivity contribution in [2.24, 2.45) is 0 Å². The van der Waals surface area contributed by atoms with Crippen LogP contribution in [0.4, 0.5) is 10.8 Å².